The molecular formula is C32H47N11O10. The summed E-state index contributed by atoms with van der Waals surface area (Å²) in [7, 11) is 0. The molecule has 0 saturated carbocycles. The standard InChI is InChI=1S/C32H47N11O10/c1-15(26(47)40-16(2)31(52)53)39-28(49)22(9-10-25(45)46)42-29(50)21(8-5-11-37-32(35)36)41-30(51)23(43-27(48)19(33)13-24(34)44)12-17-14-38-20-7-4-3-6-18(17)20/h3-4,6-7,14-16,19,21-23,38H,5,8-13,33H2,1-2H3,(H2,34,44)(H,39,49)(H,40,47)(H,41,51)(H,42,50)(H,43,48)(H,45,46)(H,52,53)(H4,35,36,37). The number of carbonyl (C=O) groups is 8. The van der Waals surface area contributed by atoms with Crippen molar-refractivity contribution in [1.29, 1.82) is 0 Å². The molecule has 290 valence electrons. The summed E-state index contributed by atoms with van der Waals surface area (Å²) >= 11 is 0. The van der Waals surface area contributed by atoms with Crippen LogP contribution >= 0.6 is 0 Å². The number of aliphatic imine (C=N–C) groups is 1. The van der Waals surface area contributed by atoms with Crippen LogP contribution in [0.1, 0.15) is 51.5 Å². The Labute approximate surface area is 303 Å². The molecule has 6 atom stereocenters. The van der Waals surface area contributed by atoms with Crippen molar-refractivity contribution in [2.75, 3.05) is 6.54 Å². The summed E-state index contributed by atoms with van der Waals surface area (Å²) in [5, 5.41) is 31.1. The molecule has 1 heterocycles. The number of amides is 6. The maximum atomic E-state index is 13.9. The topological polar surface area (TPSA) is 369 Å². The maximum Gasteiger partial charge on any atom is 0.325 e. The van der Waals surface area contributed by atoms with E-state index in [1.54, 1.807) is 30.5 Å². The van der Waals surface area contributed by atoms with Crippen LogP contribution in [0.25, 0.3) is 10.9 Å². The maximum absolute atomic E-state index is 13.9. The Balaban J connectivity index is 2.38. The van der Waals surface area contributed by atoms with Crippen molar-refractivity contribution in [3.63, 3.8) is 0 Å². The van der Waals surface area contributed by atoms with Gasteiger partial charge in [0, 0.05) is 36.5 Å². The molecule has 0 bridgehead atoms. The van der Waals surface area contributed by atoms with E-state index in [2.05, 4.69) is 36.6 Å². The molecule has 0 aliphatic carbocycles. The first-order valence-electron chi connectivity index (χ1n) is 16.5. The van der Waals surface area contributed by atoms with Crippen LogP contribution in [0, 0.1) is 0 Å². The van der Waals surface area contributed by atoms with Gasteiger partial charge in [0.15, 0.2) is 5.96 Å². The molecule has 21 heteroatoms. The Morgan fingerprint density at radius 2 is 1.32 bits per heavy atom. The predicted molar refractivity (Wildman–Crippen MR) is 189 cm³/mol. The van der Waals surface area contributed by atoms with E-state index in [0.717, 1.165) is 10.9 Å². The Hall–Kier alpha value is -6.25. The number of hydrogen-bond acceptors (Lipinski definition) is 10. The van der Waals surface area contributed by atoms with Gasteiger partial charge in [-0.3, -0.25) is 43.3 Å². The molecule has 0 fully saturated rings. The number of guanidine groups is 1. The normalized spacial score (nSPS) is 14.2. The summed E-state index contributed by atoms with van der Waals surface area (Å²) in [4.78, 5) is 107. The van der Waals surface area contributed by atoms with Gasteiger partial charge in [0.05, 0.1) is 12.5 Å². The molecule has 16 N–H and O–H groups in total. The van der Waals surface area contributed by atoms with E-state index in [0.29, 0.717) is 5.56 Å². The Kier molecular flexibility index (Phi) is 16.7. The number of H-pyrrole nitrogens is 1. The monoisotopic (exact) mass is 745 g/mol. The summed E-state index contributed by atoms with van der Waals surface area (Å²) in [5.74, 6) is -8.21. The summed E-state index contributed by atoms with van der Waals surface area (Å²) in [6.45, 7) is 2.49. The van der Waals surface area contributed by atoms with Crippen molar-refractivity contribution >= 4 is 64.2 Å². The third-order valence-electron chi connectivity index (χ3n) is 7.83. The number of rotatable bonds is 22. The molecule has 0 radical (unpaired) electrons. The van der Waals surface area contributed by atoms with Gasteiger partial charge in [-0.1, -0.05) is 18.2 Å². The summed E-state index contributed by atoms with van der Waals surface area (Å²) in [5.41, 5.74) is 23.2. The van der Waals surface area contributed by atoms with E-state index >= 15 is 0 Å². The van der Waals surface area contributed by atoms with E-state index in [4.69, 9.17) is 28.0 Å². The van der Waals surface area contributed by atoms with E-state index in [-0.39, 0.29) is 31.8 Å². The number of carbonyl (C=O) groups excluding carboxylic acids is 6. The SMILES string of the molecule is CC(NC(=O)C(C)NC(=O)C(CCC(=O)O)NC(=O)C(CCCN=C(N)N)NC(=O)C(Cc1c[nH]c2ccccc12)NC(=O)C(N)CC(N)=O)C(=O)O. The fourth-order valence-electron chi connectivity index (χ4n) is 4.95. The molecule has 21 nitrogen and oxygen atoms in total. The fraction of sp³-hybridized carbons (Fsp3) is 0.469. The van der Waals surface area contributed by atoms with Crippen LogP contribution in [-0.4, -0.2) is 111 Å². The third kappa shape index (κ3) is 14.5. The number of para-hydroxylation sites is 1. The van der Waals surface area contributed by atoms with Gasteiger partial charge in [-0.25, -0.2) is 0 Å². The number of nitrogens with one attached hydrogen (secondary N) is 6. The average Bonchev–Trinajstić information content (AvgIpc) is 3.49. The summed E-state index contributed by atoms with van der Waals surface area (Å²) < 4.78 is 0. The first-order chi connectivity index (χ1) is 24.9. The van der Waals surface area contributed by atoms with Gasteiger partial charge in [-0.15, -0.1) is 0 Å². The zero-order valence-electron chi connectivity index (χ0n) is 29.2. The molecule has 6 unspecified atom stereocenters. The third-order valence-corrected chi connectivity index (χ3v) is 7.83. The van der Waals surface area contributed by atoms with Gasteiger partial charge in [-0.2, -0.15) is 0 Å². The van der Waals surface area contributed by atoms with Gasteiger partial charge < -0.3 is 64.7 Å². The zero-order chi connectivity index (χ0) is 39.8. The number of carboxylic acid groups (broad SMARTS) is 2. The average molecular weight is 746 g/mol. The lowest BCUT2D eigenvalue weighted by Gasteiger charge is -2.26. The van der Waals surface area contributed by atoms with Crippen LogP contribution in [-0.2, 0) is 44.8 Å². The van der Waals surface area contributed by atoms with E-state index in [1.165, 1.54) is 13.8 Å². The largest absolute Gasteiger partial charge is 0.481 e. The quantitative estimate of drug-likeness (QED) is 0.0315. The number of primary amides is 1. The number of benzene rings is 1. The molecule has 0 spiro atoms. The smallest absolute Gasteiger partial charge is 0.325 e. The van der Waals surface area contributed by atoms with Crippen LogP contribution in [0.15, 0.2) is 35.5 Å². The minimum atomic E-state index is -1.53. The number of fused-ring (bicyclic) bond motifs is 1. The number of hydrogen-bond donors (Lipinski definition) is 12. The lowest BCUT2D eigenvalue weighted by Crippen LogP contribution is -2.59. The Morgan fingerprint density at radius 3 is 1.92 bits per heavy atom. The van der Waals surface area contributed by atoms with Crippen molar-refractivity contribution in [3.05, 3.63) is 36.0 Å². The molecule has 0 aliphatic heterocycles. The van der Waals surface area contributed by atoms with Crippen molar-refractivity contribution in [2.45, 2.75) is 88.6 Å². The van der Waals surface area contributed by atoms with Crippen LogP contribution in [0.3, 0.4) is 0 Å². The van der Waals surface area contributed by atoms with Crippen LogP contribution < -0.4 is 49.5 Å². The molecule has 53 heavy (non-hydrogen) atoms. The molecule has 1 aromatic carbocycles. The minimum absolute atomic E-state index is 0.0315. The van der Waals surface area contributed by atoms with Crippen LogP contribution in [0.4, 0.5) is 0 Å². The predicted octanol–water partition coefficient (Wildman–Crippen LogP) is -3.62. The number of carboxylic acids is 2. The number of nitrogens with two attached hydrogens (primary N) is 4. The molecule has 2 aromatic rings. The van der Waals surface area contributed by atoms with Crippen molar-refractivity contribution < 1.29 is 48.6 Å². The van der Waals surface area contributed by atoms with Gasteiger partial charge in [0.25, 0.3) is 0 Å². The number of aromatic amines is 1. The Bertz CT molecular complexity index is 1690. The lowest BCUT2D eigenvalue weighted by molar-refractivity contribution is -0.141. The van der Waals surface area contributed by atoms with Gasteiger partial charge in [-0.05, 0) is 44.7 Å². The fourth-order valence-corrected chi connectivity index (χ4v) is 4.95. The summed E-state index contributed by atoms with van der Waals surface area (Å²) in [6, 6.07) is -1.11. The lowest BCUT2D eigenvalue weighted by atomic mass is 10.0. The van der Waals surface area contributed by atoms with Gasteiger partial charge in [0.1, 0.15) is 30.2 Å². The van der Waals surface area contributed by atoms with E-state index in [1.807, 2.05) is 0 Å². The molecule has 0 saturated heterocycles. The highest BCUT2D eigenvalue weighted by atomic mass is 16.4. The van der Waals surface area contributed by atoms with Gasteiger partial charge >= 0.3 is 11.9 Å². The van der Waals surface area contributed by atoms with Crippen molar-refractivity contribution in [3.8, 4) is 0 Å². The second-order valence-corrected chi connectivity index (χ2v) is 12.2. The Morgan fingerprint density at radius 1 is 0.755 bits per heavy atom. The second kappa shape index (κ2) is 20.6. The molecule has 1 aromatic heterocycles. The molecule has 6 amide bonds. The zero-order valence-corrected chi connectivity index (χ0v) is 29.2. The molecule has 2 rings (SSSR count). The first kappa shape index (κ1) is 42.9. The van der Waals surface area contributed by atoms with E-state index < -0.39 is 103 Å². The highest BCUT2D eigenvalue weighted by Crippen LogP contribution is 2.19. The summed E-state index contributed by atoms with van der Waals surface area (Å²) in [6.07, 6.45) is 0.0278. The van der Waals surface area contributed by atoms with Crippen molar-refractivity contribution in [2.24, 2.45) is 27.9 Å². The second-order valence-electron chi connectivity index (χ2n) is 12.2. The van der Waals surface area contributed by atoms with Crippen LogP contribution in [0.5, 0.6) is 0 Å². The number of nitrogens with zero attached hydrogens (tertiary/aromatic N) is 1. The molecule has 0 aliphatic rings. The van der Waals surface area contributed by atoms with Crippen LogP contribution in [0.2, 0.25) is 0 Å². The van der Waals surface area contributed by atoms with E-state index in [9.17, 15) is 43.5 Å². The first-order valence-corrected chi connectivity index (χ1v) is 16.5. The highest BCUT2D eigenvalue weighted by molar-refractivity contribution is 5.97. The minimum Gasteiger partial charge on any atom is -0.481 e. The number of aliphatic carboxylic acids is 2. The number of aromatic nitrogens is 1. The van der Waals surface area contributed by atoms with Crippen molar-refractivity contribution in [1.82, 2.24) is 31.6 Å². The van der Waals surface area contributed by atoms with Gasteiger partial charge in [0.2, 0.25) is 35.4 Å². The molecular weight excluding hydrogens is 698 g/mol. The highest BCUT2D eigenvalue weighted by Gasteiger charge is 2.32.